The minimum atomic E-state index is -0.469. The summed E-state index contributed by atoms with van der Waals surface area (Å²) in [6.45, 7) is 12.0. The summed E-state index contributed by atoms with van der Waals surface area (Å²) in [6.07, 6.45) is 1.85. The number of urea groups is 1. The van der Waals surface area contributed by atoms with Crippen LogP contribution in [0.3, 0.4) is 0 Å². The highest BCUT2D eigenvalue weighted by atomic mass is 32.2. The molecule has 9 heteroatoms. The monoisotopic (exact) mass is 461 g/mol. The lowest BCUT2D eigenvalue weighted by molar-refractivity contribution is -0.117. The molecule has 3 amide bonds. The van der Waals surface area contributed by atoms with Gasteiger partial charge in [0.15, 0.2) is 11.0 Å². The third-order valence-electron chi connectivity index (χ3n) is 4.63. The Morgan fingerprint density at radius 1 is 1.09 bits per heavy atom. The van der Waals surface area contributed by atoms with Crippen molar-refractivity contribution in [3.8, 4) is 5.75 Å². The second-order valence-electron chi connectivity index (χ2n) is 8.46. The van der Waals surface area contributed by atoms with Crippen molar-refractivity contribution < 1.29 is 14.3 Å². The van der Waals surface area contributed by atoms with Crippen LogP contribution in [0.2, 0.25) is 0 Å². The molecule has 0 radical (unpaired) electrons. The zero-order valence-electron chi connectivity index (χ0n) is 19.7. The summed E-state index contributed by atoms with van der Waals surface area (Å²) in [5.41, 5.74) is 1.26. The summed E-state index contributed by atoms with van der Waals surface area (Å²) in [6, 6.07) is 7.53. The lowest BCUT2D eigenvalue weighted by Crippen LogP contribution is -2.40. The van der Waals surface area contributed by atoms with Crippen LogP contribution >= 0.6 is 11.8 Å². The Morgan fingerprint density at radius 3 is 2.44 bits per heavy atom. The lowest BCUT2D eigenvalue weighted by atomic mass is 10.1. The lowest BCUT2D eigenvalue weighted by Gasteiger charge is -2.13. The fourth-order valence-electron chi connectivity index (χ4n) is 2.86. The molecule has 2 aromatic rings. The van der Waals surface area contributed by atoms with Gasteiger partial charge < -0.3 is 14.6 Å². The average molecular weight is 462 g/mol. The van der Waals surface area contributed by atoms with Gasteiger partial charge in [0.25, 0.3) is 0 Å². The van der Waals surface area contributed by atoms with E-state index in [2.05, 4.69) is 55.4 Å². The van der Waals surface area contributed by atoms with Gasteiger partial charge in [-0.2, -0.15) is 0 Å². The molecule has 0 aliphatic heterocycles. The Bertz CT molecular complexity index is 865. The number of thioether (sulfide) groups is 1. The molecule has 32 heavy (non-hydrogen) atoms. The maximum absolute atomic E-state index is 12.2. The summed E-state index contributed by atoms with van der Waals surface area (Å²) < 4.78 is 7.87. The Balaban J connectivity index is 1.92. The van der Waals surface area contributed by atoms with Crippen LogP contribution in [0.1, 0.15) is 52.4 Å². The molecule has 0 saturated heterocycles. The molecule has 0 aliphatic rings. The van der Waals surface area contributed by atoms with Crippen LogP contribution in [0.15, 0.2) is 29.4 Å². The molecular formula is C23H35N5O3S. The Hall–Kier alpha value is -2.55. The number of carbonyl (C=O) groups excluding carboxylic acids is 2. The zero-order chi connectivity index (χ0) is 23.5. The van der Waals surface area contributed by atoms with Crippen LogP contribution in [0.4, 0.5) is 4.79 Å². The number of rotatable bonds is 12. The summed E-state index contributed by atoms with van der Waals surface area (Å²) in [4.78, 5) is 24.0. The molecule has 0 atom stereocenters. The number of imide groups is 1. The van der Waals surface area contributed by atoms with Crippen LogP contribution in [-0.4, -0.2) is 39.0 Å². The first-order valence-electron chi connectivity index (χ1n) is 11.1. The topological polar surface area (TPSA) is 98.1 Å². The molecule has 2 N–H and O–H groups in total. The first-order chi connectivity index (χ1) is 15.3. The molecule has 1 aromatic carbocycles. The van der Waals surface area contributed by atoms with Crippen molar-refractivity contribution in [3.05, 3.63) is 35.7 Å². The SMILES string of the molecule is CCc1ccc(OCc2nnc(SCC(=O)NC(=O)NCCC(C)C)n2CC(C)C)cc1. The number of ether oxygens (including phenoxy) is 1. The number of nitrogens with one attached hydrogen (secondary N) is 2. The predicted molar refractivity (Wildman–Crippen MR) is 127 cm³/mol. The van der Waals surface area contributed by atoms with Crippen molar-refractivity contribution >= 4 is 23.7 Å². The number of aromatic nitrogens is 3. The van der Waals surface area contributed by atoms with E-state index in [4.69, 9.17) is 4.74 Å². The Labute approximate surface area is 194 Å². The minimum Gasteiger partial charge on any atom is -0.486 e. The van der Waals surface area contributed by atoms with Crippen molar-refractivity contribution in [1.29, 1.82) is 0 Å². The normalized spacial score (nSPS) is 11.1. The highest BCUT2D eigenvalue weighted by molar-refractivity contribution is 7.99. The van der Waals surface area contributed by atoms with Gasteiger partial charge in [0.05, 0.1) is 5.75 Å². The van der Waals surface area contributed by atoms with Crippen molar-refractivity contribution in [2.75, 3.05) is 12.3 Å². The van der Waals surface area contributed by atoms with Crippen LogP contribution in [0.5, 0.6) is 5.75 Å². The second kappa shape index (κ2) is 13.1. The maximum Gasteiger partial charge on any atom is 0.321 e. The van der Waals surface area contributed by atoms with Gasteiger partial charge in [0.1, 0.15) is 12.4 Å². The number of hydrogen-bond acceptors (Lipinski definition) is 6. The highest BCUT2D eigenvalue weighted by Crippen LogP contribution is 2.20. The van der Waals surface area contributed by atoms with E-state index >= 15 is 0 Å². The van der Waals surface area contributed by atoms with Crippen molar-refractivity contribution in [2.45, 2.75) is 65.8 Å². The summed E-state index contributed by atoms with van der Waals surface area (Å²) in [7, 11) is 0. The molecule has 8 nitrogen and oxygen atoms in total. The van der Waals surface area contributed by atoms with E-state index in [0.717, 1.165) is 18.6 Å². The molecule has 0 spiro atoms. The van der Waals surface area contributed by atoms with E-state index in [-0.39, 0.29) is 18.3 Å². The Morgan fingerprint density at radius 2 is 1.81 bits per heavy atom. The highest BCUT2D eigenvalue weighted by Gasteiger charge is 2.17. The van der Waals surface area contributed by atoms with Gasteiger partial charge in [-0.05, 0) is 42.4 Å². The van der Waals surface area contributed by atoms with E-state index < -0.39 is 6.03 Å². The molecule has 176 valence electrons. The third kappa shape index (κ3) is 8.90. The number of carbonyl (C=O) groups is 2. The molecule has 1 heterocycles. The quantitative estimate of drug-likeness (QED) is 0.463. The van der Waals surface area contributed by atoms with Crippen molar-refractivity contribution in [2.24, 2.45) is 11.8 Å². The van der Waals surface area contributed by atoms with E-state index in [9.17, 15) is 9.59 Å². The van der Waals surface area contributed by atoms with Gasteiger partial charge in [-0.25, -0.2) is 4.79 Å². The molecule has 0 unspecified atom stereocenters. The van der Waals surface area contributed by atoms with Crippen molar-refractivity contribution in [3.63, 3.8) is 0 Å². The van der Waals surface area contributed by atoms with Gasteiger partial charge in [-0.1, -0.05) is 58.5 Å². The fourth-order valence-corrected chi connectivity index (χ4v) is 3.63. The first kappa shape index (κ1) is 25.7. The number of hydrogen-bond donors (Lipinski definition) is 2. The number of aryl methyl sites for hydroxylation is 1. The second-order valence-corrected chi connectivity index (χ2v) is 9.41. The van der Waals surface area contributed by atoms with Crippen LogP contribution < -0.4 is 15.4 Å². The minimum absolute atomic E-state index is 0.0766. The Kier molecular flexibility index (Phi) is 10.5. The largest absolute Gasteiger partial charge is 0.486 e. The summed E-state index contributed by atoms with van der Waals surface area (Å²) >= 11 is 1.26. The van der Waals surface area contributed by atoms with E-state index in [1.165, 1.54) is 17.3 Å². The summed E-state index contributed by atoms with van der Waals surface area (Å²) in [5.74, 6) is 2.04. The van der Waals surface area contributed by atoms with Gasteiger partial charge >= 0.3 is 6.03 Å². The molecule has 0 aliphatic carbocycles. The summed E-state index contributed by atoms with van der Waals surface area (Å²) in [5, 5.41) is 14.2. The smallest absolute Gasteiger partial charge is 0.321 e. The number of benzene rings is 1. The van der Waals surface area contributed by atoms with E-state index in [0.29, 0.717) is 35.9 Å². The third-order valence-corrected chi connectivity index (χ3v) is 5.60. The molecule has 0 fully saturated rings. The van der Waals surface area contributed by atoms with Gasteiger partial charge in [0.2, 0.25) is 5.91 Å². The molecular weight excluding hydrogens is 426 g/mol. The molecule has 0 bridgehead atoms. The van der Waals surface area contributed by atoms with E-state index in [1.807, 2.05) is 28.8 Å². The number of nitrogens with zero attached hydrogens (tertiary/aromatic N) is 3. The zero-order valence-corrected chi connectivity index (χ0v) is 20.5. The van der Waals surface area contributed by atoms with Crippen LogP contribution in [0, 0.1) is 11.8 Å². The molecule has 2 rings (SSSR count). The van der Waals surface area contributed by atoms with Crippen LogP contribution in [0.25, 0.3) is 0 Å². The average Bonchev–Trinajstić information content (AvgIpc) is 3.11. The first-order valence-corrected chi connectivity index (χ1v) is 12.1. The fraction of sp³-hybridized carbons (Fsp3) is 0.565. The van der Waals surface area contributed by atoms with E-state index in [1.54, 1.807) is 0 Å². The van der Waals surface area contributed by atoms with Gasteiger partial charge in [-0.3, -0.25) is 10.1 Å². The van der Waals surface area contributed by atoms with Crippen molar-refractivity contribution in [1.82, 2.24) is 25.4 Å². The van der Waals surface area contributed by atoms with Gasteiger partial charge in [0, 0.05) is 13.1 Å². The van der Waals surface area contributed by atoms with Crippen LogP contribution in [-0.2, 0) is 24.4 Å². The molecule has 1 aromatic heterocycles. The molecule has 0 saturated carbocycles. The van der Waals surface area contributed by atoms with Gasteiger partial charge in [-0.15, -0.1) is 10.2 Å². The standard InChI is InChI=1S/C23H35N5O3S/c1-6-18-7-9-19(10-8-18)31-14-20-26-27-23(28(20)13-17(4)5)32-15-21(29)25-22(30)24-12-11-16(2)3/h7-10,16-17H,6,11-15H2,1-5H3,(H2,24,25,29,30). The number of amides is 3. The predicted octanol–water partition coefficient (Wildman–Crippen LogP) is 4.04. The maximum atomic E-state index is 12.2.